The lowest BCUT2D eigenvalue weighted by atomic mass is 10.1. The van der Waals surface area contributed by atoms with Crippen LogP contribution in [0.3, 0.4) is 0 Å². The van der Waals surface area contributed by atoms with Gasteiger partial charge in [0, 0.05) is 12.4 Å². The molecule has 1 N–H and O–H groups in total. The number of rotatable bonds is 4. The number of aromatic carboxylic acids is 1. The Morgan fingerprint density at radius 2 is 2.05 bits per heavy atom. The average Bonchev–Trinajstić information content (AvgIpc) is 2.77. The van der Waals surface area contributed by atoms with Crippen molar-refractivity contribution in [2.24, 2.45) is 0 Å². The molecule has 6 nitrogen and oxygen atoms in total. The summed E-state index contributed by atoms with van der Waals surface area (Å²) in [4.78, 5) is 17.6. The molecule has 0 fully saturated rings. The Morgan fingerprint density at radius 3 is 2.60 bits per heavy atom. The summed E-state index contributed by atoms with van der Waals surface area (Å²) in [7, 11) is 1.79. The number of hydrogen-bond acceptors (Lipinski definition) is 6. The summed E-state index contributed by atoms with van der Waals surface area (Å²) < 4.78 is 0. The molecule has 0 aliphatic heterocycles. The van der Waals surface area contributed by atoms with Crippen molar-refractivity contribution in [2.45, 2.75) is 27.3 Å². The number of carboxylic acids is 1. The number of carbonyl (C=O) groups is 1. The molecule has 0 aromatic carbocycles. The topological polar surface area (TPSA) is 79.2 Å². The van der Waals surface area contributed by atoms with Crippen molar-refractivity contribution >= 4 is 23.1 Å². The Bertz CT molecular complexity index is 654. The van der Waals surface area contributed by atoms with Gasteiger partial charge in [-0.3, -0.25) is 0 Å². The van der Waals surface area contributed by atoms with Crippen LogP contribution in [-0.2, 0) is 6.54 Å². The molecule has 0 spiro atoms. The fourth-order valence-corrected chi connectivity index (χ4v) is 2.52. The van der Waals surface area contributed by atoms with Crippen LogP contribution in [0.5, 0.6) is 0 Å². The molecule has 0 radical (unpaired) electrons. The summed E-state index contributed by atoms with van der Waals surface area (Å²) in [6.07, 6.45) is 0. The van der Waals surface area contributed by atoms with Gasteiger partial charge in [0.2, 0.25) is 0 Å². The van der Waals surface area contributed by atoms with Gasteiger partial charge in [-0.1, -0.05) is 0 Å². The quantitative estimate of drug-likeness (QED) is 0.930. The second-order valence-electron chi connectivity index (χ2n) is 4.63. The van der Waals surface area contributed by atoms with Crippen molar-refractivity contribution in [3.05, 3.63) is 32.9 Å². The van der Waals surface area contributed by atoms with Gasteiger partial charge in [-0.05, 0) is 26.3 Å². The minimum atomic E-state index is -0.989. The van der Waals surface area contributed by atoms with Crippen molar-refractivity contribution in [2.75, 3.05) is 11.9 Å². The van der Waals surface area contributed by atoms with E-state index < -0.39 is 5.97 Å². The first-order chi connectivity index (χ1) is 9.40. The van der Waals surface area contributed by atoms with Crippen LogP contribution in [0.25, 0.3) is 0 Å². The van der Waals surface area contributed by atoms with Gasteiger partial charge in [0.25, 0.3) is 0 Å². The normalized spacial score (nSPS) is 10.6. The van der Waals surface area contributed by atoms with E-state index in [9.17, 15) is 9.90 Å². The van der Waals surface area contributed by atoms with Crippen LogP contribution in [0.1, 0.15) is 32.3 Å². The number of hydrogen-bond donors (Lipinski definition) is 1. The van der Waals surface area contributed by atoms with E-state index in [0.29, 0.717) is 23.6 Å². The van der Waals surface area contributed by atoms with Gasteiger partial charge in [-0.25, -0.2) is 9.78 Å². The fourth-order valence-electron chi connectivity index (χ4n) is 1.92. The largest absolute Gasteiger partial charge is 0.478 e. The van der Waals surface area contributed by atoms with Gasteiger partial charge in [0.05, 0.1) is 22.9 Å². The van der Waals surface area contributed by atoms with E-state index >= 15 is 0 Å². The fraction of sp³-hybridized carbons (Fsp3) is 0.385. The summed E-state index contributed by atoms with van der Waals surface area (Å²) in [5, 5.41) is 20.4. The van der Waals surface area contributed by atoms with Crippen LogP contribution in [0, 0.1) is 20.8 Å². The van der Waals surface area contributed by atoms with Gasteiger partial charge in [-0.2, -0.15) is 5.10 Å². The first kappa shape index (κ1) is 14.4. The predicted molar refractivity (Wildman–Crippen MR) is 77.4 cm³/mol. The zero-order valence-electron chi connectivity index (χ0n) is 11.8. The van der Waals surface area contributed by atoms with Gasteiger partial charge in [0.1, 0.15) is 5.56 Å². The molecular weight excluding hydrogens is 276 g/mol. The first-order valence-corrected chi connectivity index (χ1v) is 6.97. The number of anilines is 1. The molecule has 2 aromatic heterocycles. The minimum Gasteiger partial charge on any atom is -0.478 e. The summed E-state index contributed by atoms with van der Waals surface area (Å²) in [6, 6.07) is 0. The molecule has 2 rings (SSSR count). The maximum absolute atomic E-state index is 11.4. The Kier molecular flexibility index (Phi) is 3.99. The highest BCUT2D eigenvalue weighted by molar-refractivity contribution is 7.09. The molecule has 7 heteroatoms. The van der Waals surface area contributed by atoms with Crippen molar-refractivity contribution < 1.29 is 9.90 Å². The molecule has 0 saturated heterocycles. The van der Waals surface area contributed by atoms with Crippen LogP contribution in [-0.4, -0.2) is 33.3 Å². The monoisotopic (exact) mass is 292 g/mol. The predicted octanol–water partition coefficient (Wildman–Crippen LogP) is 2.19. The average molecular weight is 292 g/mol. The number of nitrogens with zero attached hydrogens (tertiary/aromatic N) is 4. The van der Waals surface area contributed by atoms with E-state index in [2.05, 4.69) is 15.2 Å². The molecule has 0 amide bonds. The van der Waals surface area contributed by atoms with Gasteiger partial charge >= 0.3 is 5.97 Å². The molecule has 0 bridgehead atoms. The smallest absolute Gasteiger partial charge is 0.339 e. The molecule has 0 saturated carbocycles. The summed E-state index contributed by atoms with van der Waals surface area (Å²) in [5.74, 6) is -0.622. The summed E-state index contributed by atoms with van der Waals surface area (Å²) in [5.41, 5.74) is 2.37. The molecule has 106 valence electrons. The second-order valence-corrected chi connectivity index (χ2v) is 5.69. The SMILES string of the molecule is Cc1nc(CN(C)c2nnc(C)c(C)c2C(=O)O)cs1. The second kappa shape index (κ2) is 5.54. The van der Waals surface area contributed by atoms with Gasteiger partial charge in [0.15, 0.2) is 5.82 Å². The Labute approximate surface area is 121 Å². The number of carboxylic acid groups (broad SMARTS) is 1. The van der Waals surface area contributed by atoms with Crippen molar-refractivity contribution in [3.8, 4) is 0 Å². The van der Waals surface area contributed by atoms with Gasteiger partial charge < -0.3 is 10.0 Å². The Morgan fingerprint density at radius 1 is 1.35 bits per heavy atom. The highest BCUT2D eigenvalue weighted by Gasteiger charge is 2.20. The lowest BCUT2D eigenvalue weighted by Gasteiger charge is -2.19. The standard InChI is InChI=1S/C13H16N4O2S/c1-7-8(2)15-16-12(11(7)13(18)19)17(4)5-10-6-20-9(3)14-10/h6H,5H2,1-4H3,(H,18,19). The van der Waals surface area contributed by atoms with Crippen LogP contribution in [0.4, 0.5) is 5.82 Å². The molecule has 0 aliphatic carbocycles. The van der Waals surface area contributed by atoms with Crippen molar-refractivity contribution in [1.82, 2.24) is 15.2 Å². The molecule has 2 heterocycles. The molecule has 0 unspecified atom stereocenters. The summed E-state index contributed by atoms with van der Waals surface area (Å²) in [6.45, 7) is 5.94. The van der Waals surface area contributed by atoms with Crippen LogP contribution < -0.4 is 4.90 Å². The van der Waals surface area contributed by atoms with Crippen molar-refractivity contribution in [1.29, 1.82) is 0 Å². The third-order valence-electron chi connectivity index (χ3n) is 3.08. The molecule has 0 aliphatic rings. The van der Waals surface area contributed by atoms with E-state index in [4.69, 9.17) is 0 Å². The minimum absolute atomic E-state index is 0.201. The van der Waals surface area contributed by atoms with Crippen LogP contribution in [0.15, 0.2) is 5.38 Å². The number of thiazole rings is 1. The molecule has 2 aromatic rings. The number of aromatic nitrogens is 3. The highest BCUT2D eigenvalue weighted by Crippen LogP contribution is 2.23. The maximum atomic E-state index is 11.4. The summed E-state index contributed by atoms with van der Waals surface area (Å²) >= 11 is 1.57. The molecule has 20 heavy (non-hydrogen) atoms. The first-order valence-electron chi connectivity index (χ1n) is 6.09. The Hall–Kier alpha value is -2.02. The highest BCUT2D eigenvalue weighted by atomic mass is 32.1. The van der Waals surface area contributed by atoms with Gasteiger partial charge in [-0.15, -0.1) is 16.4 Å². The number of aryl methyl sites for hydroxylation is 2. The van der Waals surface area contributed by atoms with Crippen LogP contribution >= 0.6 is 11.3 Å². The lowest BCUT2D eigenvalue weighted by molar-refractivity contribution is 0.0696. The van der Waals surface area contributed by atoms with E-state index in [1.807, 2.05) is 12.3 Å². The van der Waals surface area contributed by atoms with E-state index in [1.165, 1.54) is 0 Å². The molecule has 0 atom stereocenters. The third kappa shape index (κ3) is 2.77. The van der Waals surface area contributed by atoms with E-state index in [-0.39, 0.29) is 5.56 Å². The lowest BCUT2D eigenvalue weighted by Crippen LogP contribution is -2.23. The van der Waals surface area contributed by atoms with Crippen LogP contribution in [0.2, 0.25) is 0 Å². The zero-order valence-corrected chi connectivity index (χ0v) is 12.7. The zero-order chi connectivity index (χ0) is 14.9. The third-order valence-corrected chi connectivity index (χ3v) is 3.90. The van der Waals surface area contributed by atoms with Crippen molar-refractivity contribution in [3.63, 3.8) is 0 Å². The Balaban J connectivity index is 2.36. The van der Waals surface area contributed by atoms with E-state index in [0.717, 1.165) is 10.7 Å². The maximum Gasteiger partial charge on any atom is 0.339 e. The molecular formula is C13H16N4O2S. The van der Waals surface area contributed by atoms with E-state index in [1.54, 1.807) is 37.1 Å².